The van der Waals surface area contributed by atoms with Gasteiger partial charge >= 0.3 is 5.97 Å². The van der Waals surface area contributed by atoms with Crippen molar-refractivity contribution >= 4 is 11.9 Å². The third-order valence-corrected chi connectivity index (χ3v) is 3.98. The van der Waals surface area contributed by atoms with Crippen LogP contribution in [0.4, 0.5) is 0 Å². The highest BCUT2D eigenvalue weighted by Crippen LogP contribution is 2.31. The lowest BCUT2D eigenvalue weighted by Crippen LogP contribution is -2.30. The summed E-state index contributed by atoms with van der Waals surface area (Å²) < 4.78 is 0. The van der Waals surface area contributed by atoms with E-state index < -0.39 is 5.97 Å². The van der Waals surface area contributed by atoms with Crippen LogP contribution in [0.1, 0.15) is 64.7 Å². The maximum Gasteiger partial charge on any atom is 0.306 e. The standard InChI is InChI=1S/C15H27NO3/c1-2-3-4-5-6-7-10-16-14(17)12-8-9-13(11-12)15(18)19/h12-13H,2-11H2,1H3,(H,16,17)(H,18,19). The molecule has 2 atom stereocenters. The Morgan fingerprint density at radius 1 is 1.05 bits per heavy atom. The topological polar surface area (TPSA) is 66.4 Å². The van der Waals surface area contributed by atoms with Crippen molar-refractivity contribution in [3.8, 4) is 0 Å². The van der Waals surface area contributed by atoms with Gasteiger partial charge in [-0.3, -0.25) is 9.59 Å². The summed E-state index contributed by atoms with van der Waals surface area (Å²) in [5.41, 5.74) is 0. The Morgan fingerprint density at radius 3 is 2.32 bits per heavy atom. The molecule has 0 bridgehead atoms. The molecule has 4 nitrogen and oxygen atoms in total. The molecule has 0 aromatic heterocycles. The lowest BCUT2D eigenvalue weighted by Gasteiger charge is -2.10. The van der Waals surface area contributed by atoms with Gasteiger partial charge in [0.1, 0.15) is 0 Å². The Bertz CT molecular complexity index is 291. The zero-order chi connectivity index (χ0) is 14.1. The molecule has 0 aliphatic heterocycles. The quantitative estimate of drug-likeness (QED) is 0.632. The monoisotopic (exact) mass is 269 g/mol. The van der Waals surface area contributed by atoms with Gasteiger partial charge in [0, 0.05) is 12.5 Å². The molecule has 2 N–H and O–H groups in total. The molecule has 2 unspecified atom stereocenters. The Labute approximate surface area is 116 Å². The first kappa shape index (κ1) is 16.0. The predicted molar refractivity (Wildman–Crippen MR) is 74.9 cm³/mol. The largest absolute Gasteiger partial charge is 0.481 e. The van der Waals surface area contributed by atoms with Gasteiger partial charge in [0.25, 0.3) is 0 Å². The normalized spacial score (nSPS) is 22.4. The number of unbranched alkanes of at least 4 members (excludes halogenated alkanes) is 5. The van der Waals surface area contributed by atoms with E-state index in [1.807, 2.05) is 0 Å². The summed E-state index contributed by atoms with van der Waals surface area (Å²) in [6.07, 6.45) is 9.16. The molecule has 0 saturated heterocycles. The van der Waals surface area contributed by atoms with E-state index in [0.717, 1.165) is 19.4 Å². The minimum absolute atomic E-state index is 0.0531. The number of carboxylic acid groups (broad SMARTS) is 1. The molecule has 0 spiro atoms. The first-order chi connectivity index (χ1) is 9.15. The molecule has 0 aromatic rings. The van der Waals surface area contributed by atoms with Crippen molar-refractivity contribution in [3.63, 3.8) is 0 Å². The molecule has 1 fully saturated rings. The summed E-state index contributed by atoms with van der Waals surface area (Å²) in [6.45, 7) is 2.94. The number of aliphatic carboxylic acids is 1. The van der Waals surface area contributed by atoms with Crippen LogP contribution >= 0.6 is 0 Å². The van der Waals surface area contributed by atoms with Crippen molar-refractivity contribution in [1.29, 1.82) is 0 Å². The van der Waals surface area contributed by atoms with Gasteiger partial charge < -0.3 is 10.4 Å². The van der Waals surface area contributed by atoms with Gasteiger partial charge in [0.15, 0.2) is 0 Å². The molecule has 19 heavy (non-hydrogen) atoms. The van der Waals surface area contributed by atoms with E-state index in [-0.39, 0.29) is 17.7 Å². The second-order valence-corrected chi connectivity index (χ2v) is 5.60. The summed E-state index contributed by atoms with van der Waals surface area (Å²) in [5, 5.41) is 11.8. The molecular formula is C15H27NO3. The molecule has 0 aromatic carbocycles. The number of nitrogens with one attached hydrogen (secondary N) is 1. The van der Waals surface area contributed by atoms with E-state index in [2.05, 4.69) is 12.2 Å². The third kappa shape index (κ3) is 6.08. The smallest absolute Gasteiger partial charge is 0.306 e. The Morgan fingerprint density at radius 2 is 1.68 bits per heavy atom. The van der Waals surface area contributed by atoms with Gasteiger partial charge in [0.05, 0.1) is 5.92 Å². The number of hydrogen-bond acceptors (Lipinski definition) is 2. The summed E-state index contributed by atoms with van der Waals surface area (Å²) in [4.78, 5) is 22.7. The average molecular weight is 269 g/mol. The van der Waals surface area contributed by atoms with E-state index in [4.69, 9.17) is 5.11 Å². The fourth-order valence-corrected chi connectivity index (χ4v) is 2.71. The van der Waals surface area contributed by atoms with E-state index in [1.54, 1.807) is 0 Å². The second kappa shape index (κ2) is 8.94. The molecule has 1 saturated carbocycles. The Hall–Kier alpha value is -1.06. The van der Waals surface area contributed by atoms with Gasteiger partial charge in [-0.2, -0.15) is 0 Å². The molecule has 4 heteroatoms. The zero-order valence-electron chi connectivity index (χ0n) is 12.0. The van der Waals surface area contributed by atoms with E-state index in [0.29, 0.717) is 12.8 Å². The predicted octanol–water partition coefficient (Wildman–Crippen LogP) is 2.96. The fourth-order valence-electron chi connectivity index (χ4n) is 2.71. The van der Waals surface area contributed by atoms with Crippen LogP contribution in [0.15, 0.2) is 0 Å². The van der Waals surface area contributed by atoms with Crippen molar-refractivity contribution in [1.82, 2.24) is 5.32 Å². The van der Waals surface area contributed by atoms with Gasteiger partial charge in [-0.25, -0.2) is 0 Å². The maximum absolute atomic E-state index is 11.8. The van der Waals surface area contributed by atoms with Crippen molar-refractivity contribution in [2.75, 3.05) is 6.54 Å². The molecule has 1 rings (SSSR count). The van der Waals surface area contributed by atoms with Gasteiger partial charge in [-0.1, -0.05) is 39.0 Å². The number of carbonyl (C=O) groups excluding carboxylic acids is 1. The van der Waals surface area contributed by atoms with E-state index in [1.165, 1.54) is 32.1 Å². The van der Waals surface area contributed by atoms with Crippen molar-refractivity contribution in [3.05, 3.63) is 0 Å². The molecule has 1 amide bonds. The summed E-state index contributed by atoms with van der Waals surface area (Å²) >= 11 is 0. The molecule has 1 aliphatic rings. The SMILES string of the molecule is CCCCCCCCNC(=O)C1CCC(C(=O)O)C1. The van der Waals surface area contributed by atoms with Crippen LogP contribution in [-0.4, -0.2) is 23.5 Å². The van der Waals surface area contributed by atoms with E-state index >= 15 is 0 Å². The van der Waals surface area contributed by atoms with Crippen molar-refractivity contribution in [2.24, 2.45) is 11.8 Å². The van der Waals surface area contributed by atoms with Crippen LogP contribution in [0.5, 0.6) is 0 Å². The van der Waals surface area contributed by atoms with Gasteiger partial charge in [-0.05, 0) is 25.7 Å². The maximum atomic E-state index is 11.8. The summed E-state index contributed by atoms with van der Waals surface area (Å²) in [7, 11) is 0. The molecular weight excluding hydrogens is 242 g/mol. The first-order valence-electron chi connectivity index (χ1n) is 7.65. The Balaban J connectivity index is 2.04. The fraction of sp³-hybridized carbons (Fsp3) is 0.867. The van der Waals surface area contributed by atoms with Gasteiger partial charge in [-0.15, -0.1) is 0 Å². The van der Waals surface area contributed by atoms with Crippen LogP contribution < -0.4 is 5.32 Å². The van der Waals surface area contributed by atoms with E-state index in [9.17, 15) is 9.59 Å². The zero-order valence-corrected chi connectivity index (χ0v) is 12.0. The Kier molecular flexibility index (Phi) is 7.53. The molecule has 0 radical (unpaired) electrons. The summed E-state index contributed by atoms with van der Waals surface area (Å²) in [5.74, 6) is -1.10. The number of carboxylic acids is 1. The van der Waals surface area contributed by atoms with Crippen molar-refractivity contribution < 1.29 is 14.7 Å². The lowest BCUT2D eigenvalue weighted by molar-refractivity contribution is -0.141. The highest BCUT2D eigenvalue weighted by Gasteiger charge is 2.33. The number of hydrogen-bond donors (Lipinski definition) is 2. The van der Waals surface area contributed by atoms with Crippen molar-refractivity contribution in [2.45, 2.75) is 64.7 Å². The third-order valence-electron chi connectivity index (χ3n) is 3.98. The van der Waals surface area contributed by atoms with Crippen LogP contribution in [0.3, 0.4) is 0 Å². The average Bonchev–Trinajstić information content (AvgIpc) is 2.87. The second-order valence-electron chi connectivity index (χ2n) is 5.60. The minimum Gasteiger partial charge on any atom is -0.481 e. The molecule has 1 aliphatic carbocycles. The number of carbonyl (C=O) groups is 2. The van der Waals surface area contributed by atoms with Crippen LogP contribution in [0.25, 0.3) is 0 Å². The van der Waals surface area contributed by atoms with Gasteiger partial charge in [0.2, 0.25) is 5.91 Å². The molecule has 110 valence electrons. The van der Waals surface area contributed by atoms with Crippen LogP contribution in [0.2, 0.25) is 0 Å². The van der Waals surface area contributed by atoms with Crippen LogP contribution in [0, 0.1) is 11.8 Å². The summed E-state index contributed by atoms with van der Waals surface area (Å²) in [6, 6.07) is 0. The lowest BCUT2D eigenvalue weighted by atomic mass is 10.0. The highest BCUT2D eigenvalue weighted by molar-refractivity contribution is 5.80. The van der Waals surface area contributed by atoms with Crippen LogP contribution in [-0.2, 0) is 9.59 Å². The highest BCUT2D eigenvalue weighted by atomic mass is 16.4. The number of rotatable bonds is 9. The first-order valence-corrected chi connectivity index (χ1v) is 7.65. The minimum atomic E-state index is -0.758. The number of amides is 1. The molecule has 0 heterocycles.